The van der Waals surface area contributed by atoms with Crippen LogP contribution in [0.1, 0.15) is 29.6 Å². The second-order valence-corrected chi connectivity index (χ2v) is 6.15. The number of primary amides is 1. The minimum Gasteiger partial charge on any atom is -0.368 e. The summed E-state index contributed by atoms with van der Waals surface area (Å²) in [6.07, 6.45) is 2.57. The molecule has 0 aromatic heterocycles. The number of likely N-dealkylation sites (tertiary alicyclic amines) is 1. The maximum atomic E-state index is 12.0. The third kappa shape index (κ3) is 4.35. The van der Waals surface area contributed by atoms with E-state index in [1.165, 1.54) is 0 Å². The molecule has 120 valence electrons. The van der Waals surface area contributed by atoms with Crippen LogP contribution in [0.4, 0.5) is 0 Å². The van der Waals surface area contributed by atoms with Crippen LogP contribution in [-0.2, 0) is 4.79 Å². The van der Waals surface area contributed by atoms with Crippen LogP contribution in [0.2, 0.25) is 10.0 Å². The normalized spacial score (nSPS) is 18.4. The highest BCUT2D eigenvalue weighted by Gasteiger charge is 2.28. The van der Waals surface area contributed by atoms with Crippen molar-refractivity contribution in [3.05, 3.63) is 33.8 Å². The number of nitrogens with two attached hydrogens (primary N) is 1. The maximum absolute atomic E-state index is 12.0. The van der Waals surface area contributed by atoms with E-state index >= 15 is 0 Å². The quantitative estimate of drug-likeness (QED) is 0.776. The summed E-state index contributed by atoms with van der Waals surface area (Å²) in [5.41, 5.74) is 5.85. The number of nitrogens with one attached hydrogen (secondary N) is 1. The number of hydrogen-bond donors (Lipinski definition) is 2. The van der Waals surface area contributed by atoms with Crippen molar-refractivity contribution in [3.63, 3.8) is 0 Å². The summed E-state index contributed by atoms with van der Waals surface area (Å²) >= 11 is 11.7. The number of carbonyl (C=O) groups is 2. The number of carbonyl (C=O) groups excluding carboxylic acids is 2. The lowest BCUT2D eigenvalue weighted by molar-refractivity contribution is -0.122. The van der Waals surface area contributed by atoms with E-state index in [0.29, 0.717) is 22.2 Å². The summed E-state index contributed by atoms with van der Waals surface area (Å²) in [6, 6.07) is 4.61. The zero-order valence-corrected chi connectivity index (χ0v) is 13.7. The first kappa shape index (κ1) is 17.1. The Hall–Kier alpha value is -1.30. The van der Waals surface area contributed by atoms with Crippen LogP contribution in [0.25, 0.3) is 0 Å². The van der Waals surface area contributed by atoms with Gasteiger partial charge in [0, 0.05) is 18.7 Å². The van der Waals surface area contributed by atoms with Crippen molar-refractivity contribution in [2.24, 2.45) is 5.73 Å². The van der Waals surface area contributed by atoms with Gasteiger partial charge in [-0.15, -0.1) is 0 Å². The molecule has 1 fully saturated rings. The first-order chi connectivity index (χ1) is 10.5. The predicted molar refractivity (Wildman–Crippen MR) is 87.2 cm³/mol. The van der Waals surface area contributed by atoms with Crippen LogP contribution in [0.5, 0.6) is 0 Å². The molecule has 0 radical (unpaired) electrons. The molecule has 3 N–H and O–H groups in total. The van der Waals surface area contributed by atoms with Crippen molar-refractivity contribution >= 4 is 35.0 Å². The van der Waals surface area contributed by atoms with Crippen molar-refractivity contribution in [2.45, 2.75) is 25.3 Å². The third-order valence-electron chi connectivity index (χ3n) is 3.78. The zero-order valence-electron chi connectivity index (χ0n) is 12.1. The molecule has 1 saturated heterocycles. The van der Waals surface area contributed by atoms with Gasteiger partial charge in [0.25, 0.3) is 5.91 Å². The molecule has 2 rings (SSSR count). The molecule has 5 nitrogen and oxygen atoms in total. The molecule has 0 unspecified atom stereocenters. The number of halogens is 2. The summed E-state index contributed by atoms with van der Waals surface area (Å²) in [5.74, 6) is -0.455. The molecule has 0 bridgehead atoms. The fourth-order valence-corrected chi connectivity index (χ4v) is 2.94. The highest BCUT2D eigenvalue weighted by molar-refractivity contribution is 6.42. The van der Waals surface area contributed by atoms with Gasteiger partial charge in [0.05, 0.1) is 16.1 Å². The topological polar surface area (TPSA) is 75.4 Å². The number of hydrogen-bond acceptors (Lipinski definition) is 3. The van der Waals surface area contributed by atoms with Crippen LogP contribution in [0.3, 0.4) is 0 Å². The average Bonchev–Trinajstić information content (AvgIpc) is 2.95. The average molecular weight is 344 g/mol. The summed E-state index contributed by atoms with van der Waals surface area (Å²) in [7, 11) is 0. The Morgan fingerprint density at radius 3 is 2.77 bits per heavy atom. The van der Waals surface area contributed by atoms with E-state index in [-0.39, 0.29) is 17.9 Å². The van der Waals surface area contributed by atoms with Gasteiger partial charge in [0.2, 0.25) is 5.91 Å². The van der Waals surface area contributed by atoms with Gasteiger partial charge in [-0.25, -0.2) is 0 Å². The van der Waals surface area contributed by atoms with Crippen LogP contribution in [0, 0.1) is 0 Å². The van der Waals surface area contributed by atoms with Crippen molar-refractivity contribution in [2.75, 3.05) is 19.6 Å². The minimum atomic E-state index is -0.266. The second kappa shape index (κ2) is 7.81. The van der Waals surface area contributed by atoms with Crippen molar-refractivity contribution in [3.8, 4) is 0 Å². The Morgan fingerprint density at radius 1 is 1.32 bits per heavy atom. The molecule has 7 heteroatoms. The summed E-state index contributed by atoms with van der Waals surface area (Å²) in [5, 5.41) is 3.61. The van der Waals surface area contributed by atoms with Crippen LogP contribution in [0.15, 0.2) is 18.2 Å². The summed E-state index contributed by atoms with van der Waals surface area (Å²) in [6.45, 7) is 2.16. The largest absolute Gasteiger partial charge is 0.368 e. The molecule has 1 aliphatic heterocycles. The van der Waals surface area contributed by atoms with E-state index in [2.05, 4.69) is 10.2 Å². The second-order valence-electron chi connectivity index (χ2n) is 5.33. The Kier molecular flexibility index (Phi) is 6.06. The smallest absolute Gasteiger partial charge is 0.251 e. The Morgan fingerprint density at radius 2 is 2.09 bits per heavy atom. The van der Waals surface area contributed by atoms with Gasteiger partial charge in [-0.1, -0.05) is 23.2 Å². The van der Waals surface area contributed by atoms with E-state index in [4.69, 9.17) is 28.9 Å². The lowest BCUT2D eigenvalue weighted by atomic mass is 10.2. The number of amides is 2. The standard InChI is InChI=1S/C15H19Cl2N3O2/c16-11-5-4-10(9-12(11)17)15(22)19-6-2-8-20-7-1-3-13(20)14(18)21/h4-5,9,13H,1-3,6-8H2,(H2,18,21)(H,19,22)/t13-/m0/s1. The minimum absolute atomic E-state index is 0.161. The Bertz CT molecular complexity index is 566. The number of nitrogens with zero attached hydrogens (tertiary/aromatic N) is 1. The van der Waals surface area contributed by atoms with Gasteiger partial charge < -0.3 is 11.1 Å². The van der Waals surface area contributed by atoms with E-state index < -0.39 is 0 Å². The monoisotopic (exact) mass is 343 g/mol. The lowest BCUT2D eigenvalue weighted by Gasteiger charge is -2.21. The van der Waals surface area contributed by atoms with Crippen LogP contribution < -0.4 is 11.1 Å². The number of rotatable bonds is 6. The van der Waals surface area contributed by atoms with E-state index in [0.717, 1.165) is 32.4 Å². The molecular weight excluding hydrogens is 325 g/mol. The predicted octanol–water partition coefficient (Wildman–Crippen LogP) is 2.06. The zero-order chi connectivity index (χ0) is 16.1. The number of benzene rings is 1. The van der Waals surface area contributed by atoms with E-state index in [1.807, 2.05) is 0 Å². The fraction of sp³-hybridized carbons (Fsp3) is 0.467. The summed E-state index contributed by atoms with van der Waals surface area (Å²) < 4.78 is 0. The molecule has 1 aliphatic rings. The maximum Gasteiger partial charge on any atom is 0.251 e. The molecule has 22 heavy (non-hydrogen) atoms. The molecule has 0 saturated carbocycles. The molecule has 0 aliphatic carbocycles. The highest BCUT2D eigenvalue weighted by Crippen LogP contribution is 2.22. The SMILES string of the molecule is NC(=O)[C@@H]1CCCN1CCCNC(=O)c1ccc(Cl)c(Cl)c1. The molecule has 0 spiro atoms. The van der Waals surface area contributed by atoms with Gasteiger partial charge in [-0.3, -0.25) is 14.5 Å². The molecule has 1 atom stereocenters. The van der Waals surface area contributed by atoms with Crippen molar-refractivity contribution in [1.29, 1.82) is 0 Å². The third-order valence-corrected chi connectivity index (χ3v) is 4.52. The lowest BCUT2D eigenvalue weighted by Crippen LogP contribution is -2.41. The first-order valence-corrected chi connectivity index (χ1v) is 8.01. The van der Waals surface area contributed by atoms with Gasteiger partial charge in [0.1, 0.15) is 0 Å². The van der Waals surface area contributed by atoms with Crippen LogP contribution >= 0.6 is 23.2 Å². The summed E-state index contributed by atoms with van der Waals surface area (Å²) in [4.78, 5) is 25.3. The van der Waals surface area contributed by atoms with Gasteiger partial charge in [-0.2, -0.15) is 0 Å². The van der Waals surface area contributed by atoms with Crippen molar-refractivity contribution < 1.29 is 9.59 Å². The van der Waals surface area contributed by atoms with Crippen molar-refractivity contribution in [1.82, 2.24) is 10.2 Å². The van der Waals surface area contributed by atoms with Gasteiger partial charge >= 0.3 is 0 Å². The van der Waals surface area contributed by atoms with Gasteiger partial charge in [-0.05, 0) is 44.0 Å². The molecule has 2 amide bonds. The molecular formula is C15H19Cl2N3O2. The molecule has 1 heterocycles. The fourth-order valence-electron chi connectivity index (χ4n) is 2.64. The Labute approximate surface area is 139 Å². The molecule has 1 aromatic carbocycles. The molecule has 1 aromatic rings. The van der Waals surface area contributed by atoms with Crippen LogP contribution in [-0.4, -0.2) is 42.4 Å². The first-order valence-electron chi connectivity index (χ1n) is 7.25. The highest BCUT2D eigenvalue weighted by atomic mass is 35.5. The van der Waals surface area contributed by atoms with Gasteiger partial charge in [0.15, 0.2) is 0 Å². The van der Waals surface area contributed by atoms with E-state index in [9.17, 15) is 9.59 Å². The van der Waals surface area contributed by atoms with E-state index in [1.54, 1.807) is 18.2 Å². The Balaban J connectivity index is 1.75.